The number of halogens is 1. The van der Waals surface area contributed by atoms with Crippen molar-refractivity contribution in [2.24, 2.45) is 0 Å². The van der Waals surface area contributed by atoms with Crippen molar-refractivity contribution in [3.05, 3.63) is 88.7 Å². The fraction of sp³-hybridized carbons (Fsp3) is 0.120. The molecule has 0 spiro atoms. The largest absolute Gasteiger partial charge is 0.503 e. The Kier molecular flexibility index (Phi) is 6.42. The Labute approximate surface area is 190 Å². The molecule has 3 N–H and O–H groups in total. The van der Waals surface area contributed by atoms with Gasteiger partial charge in [0.05, 0.1) is 28.2 Å². The van der Waals surface area contributed by atoms with Crippen LogP contribution in [0.5, 0.6) is 11.5 Å². The first-order valence-corrected chi connectivity index (χ1v) is 10.6. The topological polar surface area (TPSA) is 87.2 Å². The Morgan fingerprint density at radius 3 is 2.66 bits per heavy atom. The first-order chi connectivity index (χ1) is 15.5. The normalized spacial score (nSPS) is 11.5. The maximum absolute atomic E-state index is 13.2. The van der Waals surface area contributed by atoms with Gasteiger partial charge < -0.3 is 20.1 Å². The third-order valence-corrected chi connectivity index (χ3v) is 5.13. The number of hydrogen-bond acceptors (Lipinski definition) is 4. The molecule has 0 fully saturated rings. The summed E-state index contributed by atoms with van der Waals surface area (Å²) in [7, 11) is 0. The quantitative estimate of drug-likeness (QED) is 0.341. The molecule has 0 aliphatic heterocycles. The summed E-state index contributed by atoms with van der Waals surface area (Å²) in [5.41, 5.74) is 3.49. The molecule has 0 aliphatic carbocycles. The molecule has 162 valence electrons. The number of rotatable bonds is 7. The van der Waals surface area contributed by atoms with E-state index >= 15 is 0 Å². The lowest BCUT2D eigenvalue weighted by Gasteiger charge is -2.10. The summed E-state index contributed by atoms with van der Waals surface area (Å²) in [6.45, 7) is 2.55. The van der Waals surface area contributed by atoms with E-state index in [1.165, 1.54) is 0 Å². The van der Waals surface area contributed by atoms with Gasteiger partial charge in [0.25, 0.3) is 5.91 Å². The number of hydrogen-bond donors (Lipinski definition) is 3. The number of nitrogens with one attached hydrogen (secondary N) is 2. The van der Waals surface area contributed by atoms with Gasteiger partial charge in [-0.15, -0.1) is 0 Å². The molecular formula is C25H22ClN3O3. The zero-order valence-electron chi connectivity index (χ0n) is 17.4. The molecule has 7 heteroatoms. The van der Waals surface area contributed by atoms with Crippen LogP contribution in [0.15, 0.2) is 66.7 Å². The third kappa shape index (κ3) is 4.76. The highest BCUT2D eigenvalue weighted by atomic mass is 35.5. The molecule has 0 unspecified atom stereocenters. The number of carbonyl (C=O) groups excluding carboxylic acids is 1. The van der Waals surface area contributed by atoms with Crippen LogP contribution in [-0.4, -0.2) is 27.6 Å². The second-order valence-electron chi connectivity index (χ2n) is 7.11. The van der Waals surface area contributed by atoms with Crippen molar-refractivity contribution in [1.29, 1.82) is 0 Å². The smallest absolute Gasteiger partial charge is 0.255 e. The van der Waals surface area contributed by atoms with E-state index in [-0.39, 0.29) is 22.4 Å². The molecule has 1 aromatic heterocycles. The van der Waals surface area contributed by atoms with Gasteiger partial charge in [-0.1, -0.05) is 54.1 Å². The fourth-order valence-electron chi connectivity index (χ4n) is 3.30. The summed E-state index contributed by atoms with van der Waals surface area (Å²) >= 11 is 6.19. The Hall–Kier alpha value is -3.77. The van der Waals surface area contributed by atoms with E-state index in [1.807, 2.05) is 61.5 Å². The molecule has 1 heterocycles. The number of phenolic OH excluding ortho intramolecular Hbond substituents is 1. The van der Waals surface area contributed by atoms with Gasteiger partial charge in [-0.2, -0.15) is 0 Å². The molecule has 1 amide bonds. The minimum Gasteiger partial charge on any atom is -0.503 e. The summed E-state index contributed by atoms with van der Waals surface area (Å²) in [6, 6.07) is 20.4. The van der Waals surface area contributed by atoms with Crippen LogP contribution in [-0.2, 0) is 11.3 Å². The standard InChI is InChI=1S/C25H22ClN3O3/c1-2-32-22-14-17(13-19(26)23(22)30)12-18(24-28-20-10-6-7-11-21(20)29-24)25(31)27-15-16-8-4-3-5-9-16/h3-14,30H,2,15H2,1H3,(H,27,31)(H,28,29)/b18-12+. The maximum Gasteiger partial charge on any atom is 0.255 e. The number of aromatic hydroxyl groups is 1. The number of fused-ring (bicyclic) bond motifs is 1. The minimum atomic E-state index is -0.296. The Balaban J connectivity index is 1.74. The molecule has 0 radical (unpaired) electrons. The van der Waals surface area contributed by atoms with Crippen molar-refractivity contribution in [1.82, 2.24) is 15.3 Å². The maximum atomic E-state index is 13.2. The number of amides is 1. The lowest BCUT2D eigenvalue weighted by atomic mass is 10.1. The third-order valence-electron chi connectivity index (χ3n) is 4.85. The number of benzene rings is 3. The van der Waals surface area contributed by atoms with E-state index in [2.05, 4.69) is 15.3 Å². The zero-order chi connectivity index (χ0) is 22.5. The Bertz CT molecular complexity index is 1250. The second-order valence-corrected chi connectivity index (χ2v) is 7.52. The minimum absolute atomic E-state index is 0.135. The molecule has 6 nitrogen and oxygen atoms in total. The summed E-state index contributed by atoms with van der Waals surface area (Å²) in [4.78, 5) is 21.0. The van der Waals surface area contributed by atoms with Crippen LogP contribution in [0.1, 0.15) is 23.9 Å². The molecule has 0 saturated heterocycles. The number of ether oxygens (including phenoxy) is 1. The molecule has 4 aromatic rings. The first kappa shape index (κ1) is 21.5. The molecule has 3 aromatic carbocycles. The van der Waals surface area contributed by atoms with Crippen molar-refractivity contribution in [3.63, 3.8) is 0 Å². The van der Waals surface area contributed by atoms with E-state index < -0.39 is 0 Å². The number of carbonyl (C=O) groups is 1. The number of nitrogens with zero attached hydrogens (tertiary/aromatic N) is 1. The highest BCUT2D eigenvalue weighted by Crippen LogP contribution is 2.36. The van der Waals surface area contributed by atoms with Gasteiger partial charge in [0, 0.05) is 6.54 Å². The van der Waals surface area contributed by atoms with Gasteiger partial charge in [0.1, 0.15) is 5.82 Å². The van der Waals surface area contributed by atoms with Crippen LogP contribution in [0.4, 0.5) is 0 Å². The summed E-state index contributed by atoms with van der Waals surface area (Å²) in [5.74, 6) is 0.248. The monoisotopic (exact) mass is 447 g/mol. The highest BCUT2D eigenvalue weighted by molar-refractivity contribution is 6.32. The molecule has 0 atom stereocenters. The number of aromatic amines is 1. The van der Waals surface area contributed by atoms with Crippen molar-refractivity contribution in [3.8, 4) is 11.5 Å². The van der Waals surface area contributed by atoms with Crippen molar-refractivity contribution < 1.29 is 14.6 Å². The predicted molar refractivity (Wildman–Crippen MR) is 127 cm³/mol. The van der Waals surface area contributed by atoms with Gasteiger partial charge in [0.2, 0.25) is 0 Å². The van der Waals surface area contributed by atoms with Crippen molar-refractivity contribution in [2.45, 2.75) is 13.5 Å². The number of para-hydroxylation sites is 2. The van der Waals surface area contributed by atoms with E-state index in [9.17, 15) is 9.90 Å². The van der Waals surface area contributed by atoms with Gasteiger partial charge in [-0.3, -0.25) is 4.79 Å². The van der Waals surface area contributed by atoms with Crippen LogP contribution in [0.2, 0.25) is 5.02 Å². The number of H-pyrrole nitrogens is 1. The number of aromatic nitrogens is 2. The SMILES string of the molecule is CCOc1cc(/C=C(/C(=O)NCc2ccccc2)c2nc3ccccc3[nH]2)cc(Cl)c1O. The zero-order valence-corrected chi connectivity index (χ0v) is 18.2. The van der Waals surface area contributed by atoms with Crippen LogP contribution in [0, 0.1) is 0 Å². The Morgan fingerprint density at radius 2 is 1.91 bits per heavy atom. The fourth-order valence-corrected chi connectivity index (χ4v) is 3.52. The average molecular weight is 448 g/mol. The molecule has 4 rings (SSSR count). The van der Waals surface area contributed by atoms with E-state index in [4.69, 9.17) is 16.3 Å². The Morgan fingerprint density at radius 1 is 1.16 bits per heavy atom. The average Bonchev–Trinajstić information content (AvgIpc) is 3.24. The van der Waals surface area contributed by atoms with Crippen molar-refractivity contribution in [2.75, 3.05) is 6.61 Å². The van der Waals surface area contributed by atoms with Crippen LogP contribution in [0.3, 0.4) is 0 Å². The first-order valence-electron chi connectivity index (χ1n) is 10.2. The van der Waals surface area contributed by atoms with E-state index in [1.54, 1.807) is 18.2 Å². The summed E-state index contributed by atoms with van der Waals surface area (Å²) < 4.78 is 5.47. The van der Waals surface area contributed by atoms with Gasteiger partial charge in [0.15, 0.2) is 11.5 Å². The van der Waals surface area contributed by atoms with Gasteiger partial charge in [-0.25, -0.2) is 4.98 Å². The van der Waals surface area contributed by atoms with Crippen LogP contribution in [0.25, 0.3) is 22.7 Å². The van der Waals surface area contributed by atoms with Crippen LogP contribution < -0.4 is 10.1 Å². The van der Waals surface area contributed by atoms with Gasteiger partial charge in [-0.05, 0) is 48.4 Å². The number of imidazole rings is 1. The van der Waals surface area contributed by atoms with Crippen molar-refractivity contribution >= 4 is 40.2 Å². The summed E-state index contributed by atoms with van der Waals surface area (Å²) in [5, 5.41) is 13.2. The van der Waals surface area contributed by atoms with Gasteiger partial charge >= 0.3 is 0 Å². The van der Waals surface area contributed by atoms with E-state index in [0.29, 0.717) is 30.1 Å². The van der Waals surface area contributed by atoms with E-state index in [0.717, 1.165) is 16.6 Å². The lowest BCUT2D eigenvalue weighted by Crippen LogP contribution is -2.24. The molecule has 0 bridgehead atoms. The molecule has 32 heavy (non-hydrogen) atoms. The molecular weight excluding hydrogens is 426 g/mol. The molecule has 0 aliphatic rings. The predicted octanol–water partition coefficient (Wildman–Crippen LogP) is 5.18. The van der Waals surface area contributed by atoms with Crippen LogP contribution >= 0.6 is 11.6 Å². The number of phenols is 1. The lowest BCUT2D eigenvalue weighted by molar-refractivity contribution is -0.115. The summed E-state index contributed by atoms with van der Waals surface area (Å²) in [6.07, 6.45) is 1.67. The highest BCUT2D eigenvalue weighted by Gasteiger charge is 2.18. The second kappa shape index (κ2) is 9.58. The molecule has 0 saturated carbocycles.